The zero-order valence-electron chi connectivity index (χ0n) is 14.0. The highest BCUT2D eigenvalue weighted by Crippen LogP contribution is 2.33. The minimum Gasteiger partial charge on any atom is -0.372 e. The molecule has 3 rings (SSSR count). The van der Waals surface area contributed by atoms with E-state index in [9.17, 15) is 4.79 Å². The van der Waals surface area contributed by atoms with Gasteiger partial charge in [0.25, 0.3) is 5.91 Å². The Balaban J connectivity index is 1.69. The number of carbonyl (C=O) groups excluding carboxylic acids is 1. The van der Waals surface area contributed by atoms with Gasteiger partial charge in [0.2, 0.25) is 0 Å². The van der Waals surface area contributed by atoms with Crippen molar-refractivity contribution in [2.75, 3.05) is 23.3 Å². The van der Waals surface area contributed by atoms with Gasteiger partial charge >= 0.3 is 0 Å². The van der Waals surface area contributed by atoms with E-state index in [1.165, 1.54) is 22.7 Å². The Morgan fingerprint density at radius 3 is 2.48 bits per heavy atom. The summed E-state index contributed by atoms with van der Waals surface area (Å²) in [5.41, 5.74) is 2.56. The molecule has 0 radical (unpaired) electrons. The Kier molecular flexibility index (Phi) is 5.73. The van der Waals surface area contributed by atoms with Gasteiger partial charge in [-0.05, 0) is 50.2 Å². The summed E-state index contributed by atoms with van der Waals surface area (Å²) in [6.45, 7) is 6.11. The molecule has 0 unspecified atom stereocenters. The number of benzene rings is 1. The lowest BCUT2D eigenvalue weighted by atomic mass is 10.2. The van der Waals surface area contributed by atoms with Crippen LogP contribution in [0.2, 0.25) is 4.34 Å². The number of thiophene rings is 1. The van der Waals surface area contributed by atoms with Crippen molar-refractivity contribution in [1.29, 1.82) is 0 Å². The van der Waals surface area contributed by atoms with E-state index in [0.717, 1.165) is 33.7 Å². The van der Waals surface area contributed by atoms with Crippen molar-refractivity contribution in [1.82, 2.24) is 4.98 Å². The fourth-order valence-electron chi connectivity index (χ4n) is 2.48. The van der Waals surface area contributed by atoms with Crippen LogP contribution in [0.5, 0.6) is 0 Å². The Morgan fingerprint density at radius 2 is 1.88 bits per heavy atom. The molecule has 1 aromatic carbocycles. The first kappa shape index (κ1) is 17.9. The van der Waals surface area contributed by atoms with Crippen LogP contribution in [0.1, 0.15) is 24.2 Å². The van der Waals surface area contributed by atoms with Crippen LogP contribution in [0.25, 0.3) is 10.6 Å². The molecule has 0 saturated heterocycles. The largest absolute Gasteiger partial charge is 0.372 e. The van der Waals surface area contributed by atoms with Gasteiger partial charge < -0.3 is 4.90 Å². The van der Waals surface area contributed by atoms with E-state index >= 15 is 0 Å². The highest BCUT2D eigenvalue weighted by atomic mass is 35.5. The molecular formula is C18H18ClN3OS2. The lowest BCUT2D eigenvalue weighted by Gasteiger charge is -2.20. The standard InChI is InChI=1S/C18H18ClN3OS2/c1-3-22(4-2)13-7-5-12(6-8-13)17(23)21-18-20-14(11-24-18)15-9-10-16(19)25-15/h5-11H,3-4H2,1-2H3,(H,20,21,23). The second kappa shape index (κ2) is 7.99. The Morgan fingerprint density at radius 1 is 1.16 bits per heavy atom. The molecule has 7 heteroatoms. The number of amides is 1. The normalized spacial score (nSPS) is 10.7. The van der Waals surface area contributed by atoms with Crippen molar-refractivity contribution in [3.8, 4) is 10.6 Å². The van der Waals surface area contributed by atoms with Crippen LogP contribution in [0.4, 0.5) is 10.8 Å². The fraction of sp³-hybridized carbons (Fsp3) is 0.222. The van der Waals surface area contributed by atoms with Crippen LogP contribution in [0.15, 0.2) is 41.8 Å². The summed E-state index contributed by atoms with van der Waals surface area (Å²) in [7, 11) is 0. The van der Waals surface area contributed by atoms with E-state index in [0.29, 0.717) is 10.7 Å². The second-order valence-electron chi connectivity index (χ2n) is 5.31. The predicted octanol–water partition coefficient (Wildman–Crippen LogP) is 5.62. The summed E-state index contributed by atoms with van der Waals surface area (Å²) in [4.78, 5) is 20.1. The Bertz CT molecular complexity index is 853. The zero-order chi connectivity index (χ0) is 17.8. The molecule has 0 atom stereocenters. The monoisotopic (exact) mass is 391 g/mol. The van der Waals surface area contributed by atoms with Crippen LogP contribution in [0.3, 0.4) is 0 Å². The first-order chi connectivity index (χ1) is 12.1. The maximum absolute atomic E-state index is 12.4. The van der Waals surface area contributed by atoms with Crippen molar-refractivity contribution in [2.45, 2.75) is 13.8 Å². The van der Waals surface area contributed by atoms with E-state index < -0.39 is 0 Å². The Hall–Kier alpha value is -1.89. The van der Waals surface area contributed by atoms with Gasteiger partial charge in [-0.25, -0.2) is 4.98 Å². The van der Waals surface area contributed by atoms with E-state index in [1.54, 1.807) is 0 Å². The molecule has 4 nitrogen and oxygen atoms in total. The molecule has 0 aliphatic heterocycles. The number of thiazole rings is 1. The highest BCUT2D eigenvalue weighted by molar-refractivity contribution is 7.20. The van der Waals surface area contributed by atoms with Crippen molar-refractivity contribution >= 4 is 51.0 Å². The first-order valence-corrected chi connectivity index (χ1v) is 10.1. The minimum absolute atomic E-state index is 0.156. The smallest absolute Gasteiger partial charge is 0.257 e. The summed E-state index contributed by atoms with van der Waals surface area (Å²) in [6, 6.07) is 11.4. The summed E-state index contributed by atoms with van der Waals surface area (Å²) >= 11 is 8.83. The molecule has 25 heavy (non-hydrogen) atoms. The minimum atomic E-state index is -0.156. The molecule has 0 aliphatic rings. The van der Waals surface area contributed by atoms with Crippen LogP contribution >= 0.6 is 34.3 Å². The van der Waals surface area contributed by atoms with Gasteiger partial charge in [0.1, 0.15) is 0 Å². The third-order valence-corrected chi connectivity index (χ3v) is 5.82. The molecule has 0 saturated carbocycles. The topological polar surface area (TPSA) is 45.2 Å². The van der Waals surface area contributed by atoms with Crippen molar-refractivity contribution in [2.24, 2.45) is 0 Å². The predicted molar refractivity (Wildman–Crippen MR) is 108 cm³/mol. The van der Waals surface area contributed by atoms with Gasteiger partial charge in [-0.2, -0.15) is 0 Å². The molecule has 0 spiro atoms. The Labute approximate surface area is 160 Å². The number of halogens is 1. The van der Waals surface area contributed by atoms with Crippen molar-refractivity contribution in [3.63, 3.8) is 0 Å². The number of anilines is 2. The van der Waals surface area contributed by atoms with Gasteiger partial charge in [0.15, 0.2) is 5.13 Å². The van der Waals surface area contributed by atoms with Gasteiger partial charge in [-0.15, -0.1) is 22.7 Å². The van der Waals surface area contributed by atoms with Crippen LogP contribution in [0, 0.1) is 0 Å². The summed E-state index contributed by atoms with van der Waals surface area (Å²) in [5, 5.41) is 5.36. The van der Waals surface area contributed by atoms with Crippen LogP contribution in [-0.2, 0) is 0 Å². The summed E-state index contributed by atoms with van der Waals surface area (Å²) < 4.78 is 0.724. The van der Waals surface area contributed by atoms with E-state index in [1.807, 2.05) is 41.8 Å². The van der Waals surface area contributed by atoms with E-state index in [2.05, 4.69) is 29.0 Å². The lowest BCUT2D eigenvalue weighted by Crippen LogP contribution is -2.21. The van der Waals surface area contributed by atoms with Crippen LogP contribution in [-0.4, -0.2) is 24.0 Å². The molecule has 2 heterocycles. The van der Waals surface area contributed by atoms with E-state index in [4.69, 9.17) is 11.6 Å². The van der Waals surface area contributed by atoms with Gasteiger partial charge in [-0.1, -0.05) is 11.6 Å². The molecule has 3 aromatic rings. The lowest BCUT2D eigenvalue weighted by molar-refractivity contribution is 0.102. The third kappa shape index (κ3) is 4.21. The number of rotatable bonds is 6. The maximum Gasteiger partial charge on any atom is 0.257 e. The molecular weight excluding hydrogens is 374 g/mol. The van der Waals surface area contributed by atoms with Gasteiger partial charge in [0, 0.05) is 29.7 Å². The quantitative estimate of drug-likeness (QED) is 0.592. The third-order valence-electron chi connectivity index (χ3n) is 3.81. The summed E-state index contributed by atoms with van der Waals surface area (Å²) in [6.07, 6.45) is 0. The summed E-state index contributed by atoms with van der Waals surface area (Å²) in [5.74, 6) is -0.156. The first-order valence-electron chi connectivity index (χ1n) is 7.98. The van der Waals surface area contributed by atoms with Gasteiger partial charge in [-0.3, -0.25) is 10.1 Å². The molecule has 1 amide bonds. The fourth-order valence-corrected chi connectivity index (χ4v) is 4.26. The molecule has 0 aliphatic carbocycles. The van der Waals surface area contributed by atoms with E-state index in [-0.39, 0.29) is 5.91 Å². The number of nitrogens with one attached hydrogen (secondary N) is 1. The number of aromatic nitrogens is 1. The molecule has 130 valence electrons. The average molecular weight is 392 g/mol. The maximum atomic E-state index is 12.4. The SMILES string of the molecule is CCN(CC)c1ccc(C(=O)Nc2nc(-c3ccc(Cl)s3)cs2)cc1. The molecule has 0 fully saturated rings. The number of hydrogen-bond donors (Lipinski definition) is 1. The molecule has 0 bridgehead atoms. The molecule has 1 N–H and O–H groups in total. The highest BCUT2D eigenvalue weighted by Gasteiger charge is 2.12. The zero-order valence-corrected chi connectivity index (χ0v) is 16.3. The number of nitrogens with zero attached hydrogens (tertiary/aromatic N) is 2. The van der Waals surface area contributed by atoms with Gasteiger partial charge in [0.05, 0.1) is 14.9 Å². The average Bonchev–Trinajstić information content (AvgIpc) is 3.25. The number of hydrogen-bond acceptors (Lipinski definition) is 5. The van der Waals surface area contributed by atoms with Crippen molar-refractivity contribution < 1.29 is 4.79 Å². The second-order valence-corrected chi connectivity index (χ2v) is 7.89. The number of carbonyl (C=O) groups is 1. The molecule has 2 aromatic heterocycles. The van der Waals surface area contributed by atoms with Crippen molar-refractivity contribution in [3.05, 3.63) is 51.7 Å². The van der Waals surface area contributed by atoms with Crippen LogP contribution < -0.4 is 10.2 Å².